The maximum Gasteiger partial charge on any atom is 0.136 e. The van der Waals surface area contributed by atoms with Crippen LogP contribution in [0, 0.1) is 0 Å². The number of furan rings is 1. The summed E-state index contributed by atoms with van der Waals surface area (Å²) < 4.78 is 7.07. The third kappa shape index (κ3) is 2.96. The van der Waals surface area contributed by atoms with E-state index in [0.29, 0.717) is 0 Å². The van der Waals surface area contributed by atoms with Gasteiger partial charge in [0.25, 0.3) is 0 Å². The zero-order valence-corrected chi connectivity index (χ0v) is 16.2. The number of halogens is 1. The van der Waals surface area contributed by atoms with E-state index in [2.05, 4.69) is 94.8 Å². The van der Waals surface area contributed by atoms with E-state index >= 15 is 0 Å². The molecule has 5 rings (SSSR count). The van der Waals surface area contributed by atoms with Crippen LogP contribution in [0.5, 0.6) is 0 Å². The summed E-state index contributed by atoms with van der Waals surface area (Å²) >= 11 is 3.67. The van der Waals surface area contributed by atoms with E-state index in [-0.39, 0.29) is 0 Å². The molecule has 4 aromatic rings. The van der Waals surface area contributed by atoms with Gasteiger partial charge in [0.2, 0.25) is 0 Å². The van der Waals surface area contributed by atoms with E-state index in [0.717, 1.165) is 32.8 Å². The minimum absolute atomic E-state index is 0.909. The zero-order chi connectivity index (χ0) is 18.2. The van der Waals surface area contributed by atoms with Crippen molar-refractivity contribution in [1.82, 2.24) is 0 Å². The summed E-state index contributed by atoms with van der Waals surface area (Å²) in [6.07, 6.45) is 9.92. The Kier molecular flexibility index (Phi) is 4.06. The monoisotopic (exact) mass is 412 g/mol. The molecule has 0 N–H and O–H groups in total. The van der Waals surface area contributed by atoms with Gasteiger partial charge < -0.3 is 4.42 Å². The van der Waals surface area contributed by atoms with Gasteiger partial charge >= 0.3 is 0 Å². The van der Waals surface area contributed by atoms with Gasteiger partial charge in [0.15, 0.2) is 0 Å². The van der Waals surface area contributed by atoms with E-state index < -0.39 is 0 Å². The molecule has 130 valence electrons. The summed E-state index contributed by atoms with van der Waals surface area (Å²) in [4.78, 5) is 0. The molecule has 0 saturated heterocycles. The van der Waals surface area contributed by atoms with Crippen LogP contribution in [0.1, 0.15) is 17.5 Å². The Morgan fingerprint density at radius 3 is 2.56 bits per heavy atom. The average Bonchev–Trinajstić information content (AvgIpc) is 2.90. The summed E-state index contributed by atoms with van der Waals surface area (Å²) in [5.74, 6) is 0. The highest BCUT2D eigenvalue weighted by molar-refractivity contribution is 9.10. The van der Waals surface area contributed by atoms with Crippen LogP contribution in [0.2, 0.25) is 0 Å². The third-order valence-electron chi connectivity index (χ3n) is 4.97. The quantitative estimate of drug-likeness (QED) is 0.327. The largest absolute Gasteiger partial charge is 0.456 e. The van der Waals surface area contributed by atoms with Crippen LogP contribution in [0.15, 0.2) is 99.9 Å². The predicted molar refractivity (Wildman–Crippen MR) is 118 cm³/mol. The van der Waals surface area contributed by atoms with Crippen molar-refractivity contribution in [3.05, 3.63) is 107 Å². The SMILES string of the molecule is Brc1cccc2oc3ccc(C4=CC(c5ccccc5)=CCC=C4)cc3c12. The summed E-state index contributed by atoms with van der Waals surface area (Å²) in [5.41, 5.74) is 6.74. The lowest BCUT2D eigenvalue weighted by Crippen LogP contribution is -1.84. The van der Waals surface area contributed by atoms with Gasteiger partial charge in [-0.3, -0.25) is 0 Å². The Morgan fingerprint density at radius 1 is 0.778 bits per heavy atom. The Bertz CT molecular complexity index is 1240. The molecular weight excluding hydrogens is 396 g/mol. The maximum atomic E-state index is 6.01. The third-order valence-corrected chi connectivity index (χ3v) is 5.63. The molecule has 1 aromatic heterocycles. The van der Waals surface area contributed by atoms with E-state index in [1.54, 1.807) is 0 Å². The van der Waals surface area contributed by atoms with Gasteiger partial charge in [0, 0.05) is 15.2 Å². The lowest BCUT2D eigenvalue weighted by molar-refractivity contribution is 0.669. The maximum absolute atomic E-state index is 6.01. The Balaban J connectivity index is 1.67. The van der Waals surface area contributed by atoms with Gasteiger partial charge in [0.1, 0.15) is 11.2 Å². The van der Waals surface area contributed by atoms with Crippen LogP contribution in [0.4, 0.5) is 0 Å². The second kappa shape index (κ2) is 6.71. The first-order chi connectivity index (χ1) is 13.3. The highest BCUT2D eigenvalue weighted by Gasteiger charge is 2.12. The molecule has 1 aliphatic rings. The van der Waals surface area contributed by atoms with Crippen LogP contribution in [-0.4, -0.2) is 0 Å². The highest BCUT2D eigenvalue weighted by atomic mass is 79.9. The van der Waals surface area contributed by atoms with Gasteiger partial charge in [-0.2, -0.15) is 0 Å². The van der Waals surface area contributed by atoms with Crippen molar-refractivity contribution < 1.29 is 4.42 Å². The normalized spacial score (nSPS) is 14.3. The lowest BCUT2D eigenvalue weighted by atomic mass is 9.98. The summed E-state index contributed by atoms with van der Waals surface area (Å²) in [6.45, 7) is 0. The van der Waals surface area contributed by atoms with Crippen molar-refractivity contribution in [2.24, 2.45) is 0 Å². The molecule has 0 fully saturated rings. The van der Waals surface area contributed by atoms with Gasteiger partial charge in [-0.15, -0.1) is 0 Å². The molecule has 3 aromatic carbocycles. The fourth-order valence-electron chi connectivity index (χ4n) is 3.64. The molecule has 27 heavy (non-hydrogen) atoms. The minimum atomic E-state index is 0.909. The van der Waals surface area contributed by atoms with Crippen molar-refractivity contribution in [2.45, 2.75) is 6.42 Å². The molecule has 0 amide bonds. The standard InChI is InChI=1S/C25H17BrO/c26-22-11-6-12-24-25(22)21-16-20(13-14-23(21)27-24)19-10-5-4-9-18(15-19)17-7-2-1-3-8-17/h1-3,5-16H,4H2. The van der Waals surface area contributed by atoms with Crippen LogP contribution < -0.4 is 0 Å². The molecule has 0 spiro atoms. The summed E-state index contributed by atoms with van der Waals surface area (Å²) in [7, 11) is 0. The Hall–Kier alpha value is -2.84. The molecule has 0 unspecified atom stereocenters. The fourth-order valence-corrected chi connectivity index (χ4v) is 4.20. The van der Waals surface area contributed by atoms with Crippen molar-refractivity contribution in [3.63, 3.8) is 0 Å². The average molecular weight is 413 g/mol. The Morgan fingerprint density at radius 2 is 1.67 bits per heavy atom. The number of hydrogen-bond donors (Lipinski definition) is 0. The molecule has 0 aliphatic heterocycles. The van der Waals surface area contributed by atoms with Crippen molar-refractivity contribution in [2.75, 3.05) is 0 Å². The highest BCUT2D eigenvalue weighted by Crippen LogP contribution is 2.36. The topological polar surface area (TPSA) is 13.1 Å². The molecule has 0 saturated carbocycles. The van der Waals surface area contributed by atoms with E-state index in [4.69, 9.17) is 4.42 Å². The number of rotatable bonds is 2. The van der Waals surface area contributed by atoms with E-state index in [1.165, 1.54) is 22.3 Å². The Labute approximate surface area is 166 Å². The second-order valence-electron chi connectivity index (χ2n) is 6.69. The van der Waals surface area contributed by atoms with Crippen molar-refractivity contribution in [1.29, 1.82) is 0 Å². The van der Waals surface area contributed by atoms with Gasteiger partial charge in [-0.1, -0.05) is 76.6 Å². The van der Waals surface area contributed by atoms with Crippen LogP contribution in [0.3, 0.4) is 0 Å². The molecule has 2 heteroatoms. The van der Waals surface area contributed by atoms with Gasteiger partial charge in [-0.05, 0) is 59.0 Å². The minimum Gasteiger partial charge on any atom is -0.456 e. The number of benzene rings is 3. The van der Waals surface area contributed by atoms with Crippen LogP contribution >= 0.6 is 15.9 Å². The van der Waals surface area contributed by atoms with E-state index in [9.17, 15) is 0 Å². The first-order valence-electron chi connectivity index (χ1n) is 9.04. The number of hydrogen-bond acceptors (Lipinski definition) is 1. The number of fused-ring (bicyclic) bond motifs is 3. The molecule has 0 bridgehead atoms. The number of allylic oxidation sites excluding steroid dienone is 6. The van der Waals surface area contributed by atoms with Crippen molar-refractivity contribution in [3.8, 4) is 0 Å². The molecule has 0 radical (unpaired) electrons. The molecule has 1 nitrogen and oxygen atoms in total. The fraction of sp³-hybridized carbons (Fsp3) is 0.0400. The first-order valence-corrected chi connectivity index (χ1v) is 9.84. The van der Waals surface area contributed by atoms with Gasteiger partial charge in [-0.25, -0.2) is 0 Å². The van der Waals surface area contributed by atoms with Crippen molar-refractivity contribution >= 4 is 49.0 Å². The molecule has 0 atom stereocenters. The summed E-state index contributed by atoms with van der Waals surface area (Å²) in [5, 5.41) is 2.27. The molecule has 1 aliphatic carbocycles. The predicted octanol–water partition coefficient (Wildman–Crippen LogP) is 7.78. The lowest BCUT2D eigenvalue weighted by Gasteiger charge is -2.06. The second-order valence-corrected chi connectivity index (χ2v) is 7.54. The smallest absolute Gasteiger partial charge is 0.136 e. The van der Waals surface area contributed by atoms with Crippen LogP contribution in [0.25, 0.3) is 33.1 Å². The molecular formula is C25H17BrO. The first kappa shape index (κ1) is 16.3. The summed E-state index contributed by atoms with van der Waals surface area (Å²) in [6, 6.07) is 23.1. The van der Waals surface area contributed by atoms with E-state index in [1.807, 2.05) is 12.1 Å². The van der Waals surface area contributed by atoms with Crippen LogP contribution in [-0.2, 0) is 0 Å². The van der Waals surface area contributed by atoms with Gasteiger partial charge in [0.05, 0.1) is 0 Å². The molecule has 1 heterocycles. The zero-order valence-electron chi connectivity index (χ0n) is 14.7.